The molecule has 0 amide bonds. The van der Waals surface area contributed by atoms with E-state index in [-0.39, 0.29) is 0 Å². The lowest BCUT2D eigenvalue weighted by Gasteiger charge is -2.17. The van der Waals surface area contributed by atoms with E-state index in [0.29, 0.717) is 28.6 Å². The predicted octanol–water partition coefficient (Wildman–Crippen LogP) is 4.88. The van der Waals surface area contributed by atoms with E-state index in [1.807, 2.05) is 18.2 Å². The van der Waals surface area contributed by atoms with Gasteiger partial charge in [-0.05, 0) is 87.5 Å². The number of likely N-dealkylation sites (N-methyl/N-ethyl adjacent to an activating group) is 1. The van der Waals surface area contributed by atoms with Gasteiger partial charge in [0.25, 0.3) is 0 Å². The molecule has 2 aromatic rings. The molecule has 0 aromatic heterocycles. The molecule has 0 saturated heterocycles. The summed E-state index contributed by atoms with van der Waals surface area (Å²) in [6.45, 7) is 2.42. The first kappa shape index (κ1) is 25.1. The van der Waals surface area contributed by atoms with Gasteiger partial charge < -0.3 is 19.1 Å². The molecule has 7 heteroatoms. The Balaban J connectivity index is 1.40. The Morgan fingerprint density at radius 2 is 1.70 bits per heavy atom. The summed E-state index contributed by atoms with van der Waals surface area (Å²) in [5, 5.41) is 0. The van der Waals surface area contributed by atoms with Crippen molar-refractivity contribution in [2.75, 3.05) is 41.0 Å². The molecule has 2 aromatic carbocycles. The molecule has 180 valence electrons. The summed E-state index contributed by atoms with van der Waals surface area (Å²) in [6.07, 6.45) is 7.16. The molecule has 33 heavy (non-hydrogen) atoms. The minimum atomic E-state index is -3.37. The van der Waals surface area contributed by atoms with Crippen LogP contribution in [0.4, 0.5) is 0 Å². The number of nitrogens with zero attached hydrogens (tertiary/aromatic N) is 1. The average Bonchev–Trinajstić information content (AvgIpc) is 2.86. The zero-order chi connectivity index (χ0) is 23.7. The normalized spacial score (nSPS) is 14.1. The molecule has 1 aliphatic rings. The van der Waals surface area contributed by atoms with Gasteiger partial charge in [-0.2, -0.15) is 0 Å². The third-order valence-electron chi connectivity index (χ3n) is 5.91. The van der Waals surface area contributed by atoms with Gasteiger partial charge in [0.15, 0.2) is 11.5 Å². The number of hydrogen-bond donors (Lipinski definition) is 0. The minimum absolute atomic E-state index is 0.345. The highest BCUT2D eigenvalue weighted by Gasteiger charge is 2.21. The van der Waals surface area contributed by atoms with E-state index in [4.69, 9.17) is 14.2 Å². The first-order valence-electron chi connectivity index (χ1n) is 11.5. The molecule has 0 N–H and O–H groups in total. The maximum absolute atomic E-state index is 12.7. The van der Waals surface area contributed by atoms with Crippen LogP contribution in [-0.4, -0.2) is 54.3 Å². The van der Waals surface area contributed by atoms with Crippen LogP contribution in [-0.2, 0) is 16.3 Å². The standard InChI is InChI=1S/C26H35NO5S/c1-27(18-16-21-10-15-25(30-2)26(20-21)31-3)17-7-19-32-22-11-13-24(14-12-22)33(28,29)23-8-5-4-6-9-23/h8,10-15,20H,4-7,9,16-19H2,1-3H3. The van der Waals surface area contributed by atoms with Crippen LogP contribution in [0.3, 0.4) is 0 Å². The number of rotatable bonds is 12. The molecule has 0 saturated carbocycles. The van der Waals surface area contributed by atoms with Gasteiger partial charge in [0.05, 0.1) is 25.7 Å². The number of benzene rings is 2. The molecule has 0 radical (unpaired) electrons. The second-order valence-electron chi connectivity index (χ2n) is 8.34. The lowest BCUT2D eigenvalue weighted by Crippen LogP contribution is -2.23. The highest BCUT2D eigenvalue weighted by Crippen LogP contribution is 2.29. The number of sulfone groups is 1. The van der Waals surface area contributed by atoms with Crippen molar-refractivity contribution in [1.29, 1.82) is 0 Å². The van der Waals surface area contributed by atoms with Gasteiger partial charge in [-0.15, -0.1) is 0 Å². The van der Waals surface area contributed by atoms with Gasteiger partial charge >= 0.3 is 0 Å². The fraction of sp³-hybridized carbons (Fsp3) is 0.462. The maximum Gasteiger partial charge on any atom is 0.202 e. The SMILES string of the molecule is COc1ccc(CCN(C)CCCOc2ccc(S(=O)(=O)C3=CCCCC3)cc2)cc1OC. The number of allylic oxidation sites excluding steroid dienone is 2. The fourth-order valence-electron chi connectivity index (χ4n) is 3.91. The van der Waals surface area contributed by atoms with Crippen LogP contribution in [0.1, 0.15) is 37.7 Å². The second kappa shape index (κ2) is 12.1. The van der Waals surface area contributed by atoms with Crippen molar-refractivity contribution in [3.05, 3.63) is 59.0 Å². The first-order chi connectivity index (χ1) is 15.9. The molecule has 0 atom stereocenters. The summed E-state index contributed by atoms with van der Waals surface area (Å²) >= 11 is 0. The van der Waals surface area contributed by atoms with E-state index in [9.17, 15) is 8.42 Å². The molecule has 0 unspecified atom stereocenters. The Hall–Kier alpha value is -2.51. The molecule has 3 rings (SSSR count). The van der Waals surface area contributed by atoms with Gasteiger partial charge in [-0.1, -0.05) is 12.1 Å². The van der Waals surface area contributed by atoms with E-state index in [1.54, 1.807) is 38.5 Å². The zero-order valence-electron chi connectivity index (χ0n) is 19.9. The van der Waals surface area contributed by atoms with Gasteiger partial charge in [-0.25, -0.2) is 8.42 Å². The summed E-state index contributed by atoms with van der Waals surface area (Å²) in [5.74, 6) is 2.18. The van der Waals surface area contributed by atoms with Crippen LogP contribution >= 0.6 is 0 Å². The van der Waals surface area contributed by atoms with E-state index in [0.717, 1.165) is 56.7 Å². The summed E-state index contributed by atoms with van der Waals surface area (Å²) in [6, 6.07) is 12.8. The smallest absolute Gasteiger partial charge is 0.202 e. The van der Waals surface area contributed by atoms with Crippen LogP contribution in [0.5, 0.6) is 17.2 Å². The van der Waals surface area contributed by atoms with E-state index in [1.165, 1.54) is 5.56 Å². The fourth-order valence-corrected chi connectivity index (χ4v) is 5.46. The van der Waals surface area contributed by atoms with Crippen LogP contribution in [0.2, 0.25) is 0 Å². The third-order valence-corrected chi connectivity index (χ3v) is 7.87. The maximum atomic E-state index is 12.7. The second-order valence-corrected chi connectivity index (χ2v) is 10.3. The van der Waals surface area contributed by atoms with Gasteiger partial charge in [-0.3, -0.25) is 0 Å². The Morgan fingerprint density at radius 1 is 0.939 bits per heavy atom. The van der Waals surface area contributed by atoms with Crippen molar-refractivity contribution >= 4 is 9.84 Å². The predicted molar refractivity (Wildman–Crippen MR) is 131 cm³/mol. The highest BCUT2D eigenvalue weighted by molar-refractivity contribution is 7.95. The van der Waals surface area contributed by atoms with E-state index in [2.05, 4.69) is 18.0 Å². The zero-order valence-corrected chi connectivity index (χ0v) is 20.7. The van der Waals surface area contributed by atoms with Crippen molar-refractivity contribution in [3.8, 4) is 17.2 Å². The average molecular weight is 474 g/mol. The van der Waals surface area contributed by atoms with E-state index >= 15 is 0 Å². The van der Waals surface area contributed by atoms with Crippen LogP contribution in [0.15, 0.2) is 58.3 Å². The first-order valence-corrected chi connectivity index (χ1v) is 13.0. The number of methoxy groups -OCH3 is 2. The summed E-state index contributed by atoms with van der Waals surface area (Å²) in [4.78, 5) is 3.17. The minimum Gasteiger partial charge on any atom is -0.494 e. The largest absolute Gasteiger partial charge is 0.494 e. The quantitative estimate of drug-likeness (QED) is 0.410. The Kier molecular flexibility index (Phi) is 9.21. The topological polar surface area (TPSA) is 65.1 Å². The van der Waals surface area contributed by atoms with Crippen molar-refractivity contribution in [3.63, 3.8) is 0 Å². The molecular formula is C26H35NO5S. The summed E-state index contributed by atoms with van der Waals surface area (Å²) in [5.41, 5.74) is 1.20. The Bertz CT molecular complexity index is 1030. The lowest BCUT2D eigenvalue weighted by molar-refractivity contribution is 0.264. The van der Waals surface area contributed by atoms with Crippen molar-refractivity contribution in [2.45, 2.75) is 43.4 Å². The third kappa shape index (κ3) is 6.98. The van der Waals surface area contributed by atoms with Gasteiger partial charge in [0.2, 0.25) is 9.84 Å². The van der Waals surface area contributed by atoms with Gasteiger partial charge in [0.1, 0.15) is 5.75 Å². The molecule has 6 nitrogen and oxygen atoms in total. The summed E-state index contributed by atoms with van der Waals surface area (Å²) < 4.78 is 42.0. The Labute approximate surface area is 198 Å². The van der Waals surface area contributed by atoms with Crippen molar-refractivity contribution in [1.82, 2.24) is 4.90 Å². The number of ether oxygens (including phenoxy) is 3. The molecule has 0 aliphatic heterocycles. The van der Waals surface area contributed by atoms with Crippen LogP contribution in [0.25, 0.3) is 0 Å². The monoisotopic (exact) mass is 473 g/mol. The number of hydrogen-bond acceptors (Lipinski definition) is 6. The molecule has 1 aliphatic carbocycles. The molecule has 0 bridgehead atoms. The van der Waals surface area contributed by atoms with Gasteiger partial charge in [0, 0.05) is 18.0 Å². The van der Waals surface area contributed by atoms with Crippen LogP contribution < -0.4 is 14.2 Å². The molecule has 0 fully saturated rings. The lowest BCUT2D eigenvalue weighted by atomic mass is 10.1. The molecule has 0 heterocycles. The highest BCUT2D eigenvalue weighted by atomic mass is 32.2. The van der Waals surface area contributed by atoms with Crippen LogP contribution in [0, 0.1) is 0 Å². The van der Waals surface area contributed by atoms with E-state index < -0.39 is 9.84 Å². The molecule has 0 spiro atoms. The molecular weight excluding hydrogens is 438 g/mol. The summed E-state index contributed by atoms with van der Waals surface area (Å²) in [7, 11) is 2.01. The van der Waals surface area contributed by atoms with Crippen molar-refractivity contribution < 1.29 is 22.6 Å². The Morgan fingerprint density at radius 3 is 2.36 bits per heavy atom. The van der Waals surface area contributed by atoms with Crippen molar-refractivity contribution in [2.24, 2.45) is 0 Å².